The summed E-state index contributed by atoms with van der Waals surface area (Å²) in [5.74, 6) is 0. The molecule has 1 unspecified atom stereocenters. The summed E-state index contributed by atoms with van der Waals surface area (Å²) in [6.45, 7) is 2.93. The third-order valence-electron chi connectivity index (χ3n) is 2.20. The zero-order chi connectivity index (χ0) is 10.7. The van der Waals surface area contributed by atoms with Crippen LogP contribution in [0.15, 0.2) is 18.6 Å². The van der Waals surface area contributed by atoms with Gasteiger partial charge in [0.25, 0.3) is 0 Å². The molecule has 0 aromatic carbocycles. The molecule has 0 saturated heterocycles. The summed E-state index contributed by atoms with van der Waals surface area (Å²) in [4.78, 5) is 0. The molecule has 0 aliphatic carbocycles. The molecule has 0 fully saturated rings. The molecular formula is C9H14N6. The molecule has 2 aromatic rings. The topological polar surface area (TPSA) is 71.4 Å². The average Bonchev–Trinajstić information content (AvgIpc) is 2.85. The Morgan fingerprint density at radius 3 is 2.93 bits per heavy atom. The largest absolute Gasteiger partial charge is 0.305 e. The van der Waals surface area contributed by atoms with Gasteiger partial charge in [0, 0.05) is 18.8 Å². The maximum atomic E-state index is 4.15. The second-order valence-corrected chi connectivity index (χ2v) is 3.33. The molecule has 0 amide bonds. The Labute approximate surface area is 87.7 Å². The van der Waals surface area contributed by atoms with E-state index in [2.05, 4.69) is 32.7 Å². The van der Waals surface area contributed by atoms with Crippen LogP contribution in [0.3, 0.4) is 0 Å². The van der Waals surface area contributed by atoms with Crippen molar-refractivity contribution in [3.8, 4) is 0 Å². The van der Waals surface area contributed by atoms with Gasteiger partial charge >= 0.3 is 0 Å². The van der Waals surface area contributed by atoms with E-state index in [0.29, 0.717) is 0 Å². The molecule has 0 aliphatic rings. The summed E-state index contributed by atoms with van der Waals surface area (Å²) in [6.07, 6.45) is 5.53. The van der Waals surface area contributed by atoms with Crippen molar-refractivity contribution < 1.29 is 0 Å². The van der Waals surface area contributed by atoms with Gasteiger partial charge in [0.05, 0.1) is 18.4 Å². The fourth-order valence-corrected chi connectivity index (χ4v) is 1.54. The van der Waals surface area contributed by atoms with E-state index < -0.39 is 0 Å². The molecule has 2 aromatic heterocycles. The summed E-state index contributed by atoms with van der Waals surface area (Å²) >= 11 is 0. The van der Waals surface area contributed by atoms with E-state index in [1.807, 2.05) is 19.4 Å². The van der Waals surface area contributed by atoms with Gasteiger partial charge in [0.2, 0.25) is 0 Å². The first kappa shape index (κ1) is 9.85. The Hall–Kier alpha value is -1.69. The average molecular weight is 206 g/mol. The van der Waals surface area contributed by atoms with Gasteiger partial charge in [-0.1, -0.05) is 6.92 Å². The summed E-state index contributed by atoms with van der Waals surface area (Å²) in [5.41, 5.74) is 1.97. The van der Waals surface area contributed by atoms with Crippen molar-refractivity contribution in [3.63, 3.8) is 0 Å². The summed E-state index contributed by atoms with van der Waals surface area (Å²) in [5, 5.41) is 18.0. The van der Waals surface area contributed by atoms with Gasteiger partial charge in [-0.25, -0.2) is 0 Å². The van der Waals surface area contributed by atoms with Gasteiger partial charge < -0.3 is 5.32 Å². The normalized spacial score (nSPS) is 12.9. The first-order valence-corrected chi connectivity index (χ1v) is 4.89. The highest BCUT2D eigenvalue weighted by atomic mass is 15.3. The van der Waals surface area contributed by atoms with Crippen molar-refractivity contribution in [1.82, 2.24) is 30.5 Å². The highest BCUT2D eigenvalue weighted by molar-refractivity contribution is 5.20. The Balaban J connectivity index is 2.27. The molecule has 0 radical (unpaired) electrons. The lowest BCUT2D eigenvalue weighted by Crippen LogP contribution is -2.22. The third-order valence-corrected chi connectivity index (χ3v) is 2.20. The van der Waals surface area contributed by atoms with Gasteiger partial charge in [0.15, 0.2) is 0 Å². The van der Waals surface area contributed by atoms with Crippen LogP contribution >= 0.6 is 0 Å². The molecular weight excluding hydrogens is 192 g/mol. The molecule has 0 bridgehead atoms. The highest BCUT2D eigenvalue weighted by Gasteiger charge is 2.16. The molecule has 0 spiro atoms. The molecule has 2 N–H and O–H groups in total. The molecule has 0 saturated carbocycles. The lowest BCUT2D eigenvalue weighted by Gasteiger charge is -2.12. The minimum atomic E-state index is 0.0578. The molecule has 80 valence electrons. The number of aromatic amines is 1. The first-order chi connectivity index (χ1) is 7.31. The number of hydrogen-bond donors (Lipinski definition) is 2. The van der Waals surface area contributed by atoms with Crippen molar-refractivity contribution in [2.45, 2.75) is 13.0 Å². The second kappa shape index (κ2) is 4.22. The predicted molar refractivity (Wildman–Crippen MR) is 55.1 cm³/mol. The van der Waals surface area contributed by atoms with Crippen LogP contribution in [-0.4, -0.2) is 31.7 Å². The van der Waals surface area contributed by atoms with E-state index in [4.69, 9.17) is 0 Å². The maximum absolute atomic E-state index is 4.15. The molecule has 0 aliphatic heterocycles. The molecule has 2 rings (SSSR count). The first-order valence-electron chi connectivity index (χ1n) is 4.89. The molecule has 6 heteroatoms. The maximum Gasteiger partial charge on any atom is 0.104 e. The van der Waals surface area contributed by atoms with Crippen LogP contribution in [0.4, 0.5) is 0 Å². The van der Waals surface area contributed by atoms with Crippen LogP contribution in [0, 0.1) is 0 Å². The second-order valence-electron chi connectivity index (χ2n) is 3.33. The minimum absolute atomic E-state index is 0.0578. The number of rotatable bonds is 4. The van der Waals surface area contributed by atoms with Crippen molar-refractivity contribution in [3.05, 3.63) is 29.8 Å². The standard InChI is InChI=1S/C9H14N6/c1-3-10-9(8-5-11-14-13-8)7-4-12-15(2)6-7/h4-6,9-10H,3H2,1-2H3,(H,11,13,14). The lowest BCUT2D eigenvalue weighted by atomic mass is 10.1. The van der Waals surface area contributed by atoms with Crippen molar-refractivity contribution in [1.29, 1.82) is 0 Å². The minimum Gasteiger partial charge on any atom is -0.305 e. The van der Waals surface area contributed by atoms with E-state index in [1.165, 1.54) is 0 Å². The SMILES string of the molecule is CCNC(c1cnn(C)c1)c1cn[nH]n1. The summed E-state index contributed by atoms with van der Waals surface area (Å²) in [6, 6.07) is 0.0578. The van der Waals surface area contributed by atoms with Crippen LogP contribution < -0.4 is 5.32 Å². The van der Waals surface area contributed by atoms with Gasteiger partial charge in [-0.05, 0) is 6.54 Å². The van der Waals surface area contributed by atoms with E-state index in [-0.39, 0.29) is 6.04 Å². The number of H-pyrrole nitrogens is 1. The predicted octanol–water partition coefficient (Wildman–Crippen LogP) is 0.237. The Kier molecular flexibility index (Phi) is 2.77. The Morgan fingerprint density at radius 2 is 2.40 bits per heavy atom. The summed E-state index contributed by atoms with van der Waals surface area (Å²) in [7, 11) is 1.90. The molecule has 1 atom stereocenters. The third kappa shape index (κ3) is 2.04. The Bertz CT molecular complexity index is 404. The van der Waals surface area contributed by atoms with Crippen LogP contribution in [-0.2, 0) is 7.05 Å². The zero-order valence-corrected chi connectivity index (χ0v) is 8.81. The molecule has 15 heavy (non-hydrogen) atoms. The van der Waals surface area contributed by atoms with E-state index in [0.717, 1.165) is 17.8 Å². The van der Waals surface area contributed by atoms with Gasteiger partial charge in [-0.2, -0.15) is 20.5 Å². The monoisotopic (exact) mass is 206 g/mol. The summed E-state index contributed by atoms with van der Waals surface area (Å²) < 4.78 is 1.78. The zero-order valence-electron chi connectivity index (χ0n) is 8.81. The number of hydrogen-bond acceptors (Lipinski definition) is 4. The number of aromatic nitrogens is 5. The van der Waals surface area contributed by atoms with Gasteiger partial charge in [-0.3, -0.25) is 4.68 Å². The van der Waals surface area contributed by atoms with Crippen molar-refractivity contribution in [2.24, 2.45) is 7.05 Å². The number of nitrogens with one attached hydrogen (secondary N) is 2. The number of aryl methyl sites for hydroxylation is 1. The fourth-order valence-electron chi connectivity index (χ4n) is 1.54. The molecule has 6 nitrogen and oxygen atoms in total. The van der Waals surface area contributed by atoms with E-state index in [1.54, 1.807) is 10.9 Å². The van der Waals surface area contributed by atoms with Crippen molar-refractivity contribution >= 4 is 0 Å². The van der Waals surface area contributed by atoms with Gasteiger partial charge in [0.1, 0.15) is 5.69 Å². The smallest absolute Gasteiger partial charge is 0.104 e. The fraction of sp³-hybridized carbons (Fsp3) is 0.444. The van der Waals surface area contributed by atoms with Crippen LogP contribution in [0.1, 0.15) is 24.2 Å². The highest BCUT2D eigenvalue weighted by Crippen LogP contribution is 2.18. The van der Waals surface area contributed by atoms with Crippen LogP contribution in [0.5, 0.6) is 0 Å². The lowest BCUT2D eigenvalue weighted by molar-refractivity contribution is 0.612. The number of nitrogens with zero attached hydrogens (tertiary/aromatic N) is 4. The van der Waals surface area contributed by atoms with Crippen molar-refractivity contribution in [2.75, 3.05) is 6.54 Å². The van der Waals surface area contributed by atoms with E-state index >= 15 is 0 Å². The van der Waals surface area contributed by atoms with Gasteiger partial charge in [-0.15, -0.1) is 0 Å². The quantitative estimate of drug-likeness (QED) is 0.751. The van der Waals surface area contributed by atoms with Crippen LogP contribution in [0.2, 0.25) is 0 Å². The molecule has 2 heterocycles. The van der Waals surface area contributed by atoms with E-state index in [9.17, 15) is 0 Å². The van der Waals surface area contributed by atoms with Crippen LogP contribution in [0.25, 0.3) is 0 Å². The Morgan fingerprint density at radius 1 is 1.53 bits per heavy atom.